The highest BCUT2D eigenvalue weighted by Crippen LogP contribution is 2.31. The van der Waals surface area contributed by atoms with Crippen LogP contribution in [-0.2, 0) is 7.05 Å². The van der Waals surface area contributed by atoms with Crippen molar-refractivity contribution in [2.24, 2.45) is 7.05 Å². The van der Waals surface area contributed by atoms with E-state index in [-0.39, 0.29) is 6.04 Å². The van der Waals surface area contributed by atoms with E-state index in [9.17, 15) is 0 Å². The minimum atomic E-state index is 0.0561. The van der Waals surface area contributed by atoms with Crippen LogP contribution in [0.2, 0.25) is 0 Å². The molecule has 0 aliphatic carbocycles. The Morgan fingerprint density at radius 1 is 1.40 bits per heavy atom. The summed E-state index contributed by atoms with van der Waals surface area (Å²) in [6.07, 6.45) is 3.04. The molecular formula is C15H20BrN3O. The van der Waals surface area contributed by atoms with Gasteiger partial charge in [-0.3, -0.25) is 4.68 Å². The second-order valence-electron chi connectivity index (χ2n) is 4.69. The third-order valence-corrected chi connectivity index (χ3v) is 3.86. The first-order valence-electron chi connectivity index (χ1n) is 6.72. The topological polar surface area (TPSA) is 39.1 Å². The van der Waals surface area contributed by atoms with Crippen LogP contribution in [0.3, 0.4) is 0 Å². The first kappa shape index (κ1) is 15.1. The highest BCUT2D eigenvalue weighted by atomic mass is 79.9. The maximum atomic E-state index is 5.33. The van der Waals surface area contributed by atoms with Gasteiger partial charge in [-0.1, -0.05) is 22.9 Å². The molecule has 5 heteroatoms. The number of ether oxygens (including phenoxy) is 1. The highest BCUT2D eigenvalue weighted by Gasteiger charge is 2.19. The Morgan fingerprint density at radius 3 is 2.80 bits per heavy atom. The van der Waals surface area contributed by atoms with Crippen molar-refractivity contribution in [3.8, 4) is 5.75 Å². The number of nitrogens with zero attached hydrogens (tertiary/aromatic N) is 2. The molecule has 0 aliphatic rings. The molecule has 0 fully saturated rings. The van der Waals surface area contributed by atoms with E-state index in [1.165, 1.54) is 0 Å². The van der Waals surface area contributed by atoms with Gasteiger partial charge in [-0.05, 0) is 42.8 Å². The molecule has 1 aromatic heterocycles. The van der Waals surface area contributed by atoms with Crippen LogP contribution in [0.25, 0.3) is 0 Å². The molecule has 0 radical (unpaired) electrons. The molecule has 0 bridgehead atoms. The van der Waals surface area contributed by atoms with E-state index in [0.29, 0.717) is 0 Å². The van der Waals surface area contributed by atoms with Gasteiger partial charge in [0.1, 0.15) is 5.75 Å². The lowest BCUT2D eigenvalue weighted by Gasteiger charge is -2.19. The van der Waals surface area contributed by atoms with Crippen molar-refractivity contribution in [3.63, 3.8) is 0 Å². The molecule has 0 saturated heterocycles. The summed E-state index contributed by atoms with van der Waals surface area (Å²) >= 11 is 3.63. The monoisotopic (exact) mass is 337 g/mol. The zero-order valence-electron chi connectivity index (χ0n) is 12.1. The number of hydrogen-bond donors (Lipinski definition) is 1. The third kappa shape index (κ3) is 3.41. The molecule has 4 nitrogen and oxygen atoms in total. The van der Waals surface area contributed by atoms with Crippen LogP contribution in [0.1, 0.15) is 30.6 Å². The van der Waals surface area contributed by atoms with Gasteiger partial charge in [0, 0.05) is 17.7 Å². The van der Waals surface area contributed by atoms with Crippen LogP contribution >= 0.6 is 15.9 Å². The Balaban J connectivity index is 2.40. The van der Waals surface area contributed by atoms with Gasteiger partial charge in [-0.25, -0.2) is 0 Å². The smallest absolute Gasteiger partial charge is 0.119 e. The minimum absolute atomic E-state index is 0.0561. The Bertz CT molecular complexity index is 568. The summed E-state index contributed by atoms with van der Waals surface area (Å²) in [6, 6.07) is 8.10. The summed E-state index contributed by atoms with van der Waals surface area (Å²) in [6.45, 7) is 3.09. The predicted molar refractivity (Wildman–Crippen MR) is 84.0 cm³/mol. The number of aryl methyl sites for hydroxylation is 1. The summed E-state index contributed by atoms with van der Waals surface area (Å²) in [4.78, 5) is 0. The summed E-state index contributed by atoms with van der Waals surface area (Å²) in [5, 5.41) is 8.08. The Kier molecular flexibility index (Phi) is 5.20. The fourth-order valence-electron chi connectivity index (χ4n) is 2.12. The molecule has 20 heavy (non-hydrogen) atoms. The van der Waals surface area contributed by atoms with Gasteiger partial charge >= 0.3 is 0 Å². The summed E-state index contributed by atoms with van der Waals surface area (Å²) in [5.74, 6) is 0.849. The van der Waals surface area contributed by atoms with Crippen LogP contribution in [0.4, 0.5) is 0 Å². The SMILES string of the molecule is CCCNC(c1ccn(C)n1)c1cc(OC)ccc1Br. The highest BCUT2D eigenvalue weighted by molar-refractivity contribution is 9.10. The average Bonchev–Trinajstić information content (AvgIpc) is 2.87. The molecule has 0 spiro atoms. The van der Waals surface area contributed by atoms with E-state index in [2.05, 4.69) is 33.3 Å². The molecule has 0 aliphatic heterocycles. The lowest BCUT2D eigenvalue weighted by atomic mass is 10.0. The molecule has 2 rings (SSSR count). The molecule has 1 atom stereocenters. The Hall–Kier alpha value is -1.33. The molecule has 1 unspecified atom stereocenters. The fourth-order valence-corrected chi connectivity index (χ4v) is 2.60. The number of aromatic nitrogens is 2. The zero-order chi connectivity index (χ0) is 14.5. The van der Waals surface area contributed by atoms with Gasteiger partial charge in [-0.15, -0.1) is 0 Å². The van der Waals surface area contributed by atoms with Gasteiger partial charge in [-0.2, -0.15) is 5.10 Å². The molecule has 0 saturated carbocycles. The number of rotatable bonds is 6. The van der Waals surface area contributed by atoms with Crippen molar-refractivity contribution in [1.82, 2.24) is 15.1 Å². The molecular weight excluding hydrogens is 318 g/mol. The second-order valence-corrected chi connectivity index (χ2v) is 5.54. The maximum Gasteiger partial charge on any atom is 0.119 e. The molecule has 1 heterocycles. The fraction of sp³-hybridized carbons (Fsp3) is 0.400. The lowest BCUT2D eigenvalue weighted by molar-refractivity contribution is 0.413. The van der Waals surface area contributed by atoms with Crippen LogP contribution < -0.4 is 10.1 Å². The summed E-state index contributed by atoms with van der Waals surface area (Å²) in [5.41, 5.74) is 2.14. The van der Waals surface area contributed by atoms with Gasteiger partial charge < -0.3 is 10.1 Å². The van der Waals surface area contributed by atoms with Crippen molar-refractivity contribution in [1.29, 1.82) is 0 Å². The summed E-state index contributed by atoms with van der Waals surface area (Å²) < 4.78 is 8.21. The van der Waals surface area contributed by atoms with Crippen molar-refractivity contribution in [2.45, 2.75) is 19.4 Å². The molecule has 108 valence electrons. The van der Waals surface area contributed by atoms with Crippen LogP contribution in [-0.4, -0.2) is 23.4 Å². The third-order valence-electron chi connectivity index (χ3n) is 3.14. The number of halogens is 1. The second kappa shape index (κ2) is 6.90. The van der Waals surface area contributed by atoms with Crippen LogP contribution in [0.5, 0.6) is 5.75 Å². The van der Waals surface area contributed by atoms with Gasteiger partial charge in [0.05, 0.1) is 18.8 Å². The van der Waals surface area contributed by atoms with Crippen molar-refractivity contribution >= 4 is 15.9 Å². The van der Waals surface area contributed by atoms with E-state index in [4.69, 9.17) is 4.74 Å². The van der Waals surface area contributed by atoms with E-state index >= 15 is 0 Å². The number of methoxy groups -OCH3 is 1. The Labute approximate surface area is 128 Å². The lowest BCUT2D eigenvalue weighted by Crippen LogP contribution is -2.24. The molecule has 1 aromatic carbocycles. The standard InChI is InChI=1S/C15H20BrN3O/c1-4-8-17-15(14-7-9-19(2)18-14)12-10-11(20-3)5-6-13(12)16/h5-7,9-10,15,17H,4,8H2,1-3H3. The molecule has 1 N–H and O–H groups in total. The normalized spacial score (nSPS) is 12.4. The minimum Gasteiger partial charge on any atom is -0.497 e. The van der Waals surface area contributed by atoms with E-state index < -0.39 is 0 Å². The average molecular weight is 338 g/mol. The van der Waals surface area contributed by atoms with Gasteiger partial charge in [0.15, 0.2) is 0 Å². The maximum absolute atomic E-state index is 5.33. The van der Waals surface area contributed by atoms with Gasteiger partial charge in [0.2, 0.25) is 0 Å². The van der Waals surface area contributed by atoms with Gasteiger partial charge in [0.25, 0.3) is 0 Å². The first-order valence-corrected chi connectivity index (χ1v) is 7.51. The quantitative estimate of drug-likeness (QED) is 0.879. The molecule has 2 aromatic rings. The number of benzene rings is 1. The van der Waals surface area contributed by atoms with E-state index in [1.807, 2.05) is 42.2 Å². The van der Waals surface area contributed by atoms with Crippen molar-refractivity contribution < 1.29 is 4.74 Å². The van der Waals surface area contributed by atoms with E-state index in [0.717, 1.165) is 34.4 Å². The largest absolute Gasteiger partial charge is 0.497 e. The zero-order valence-corrected chi connectivity index (χ0v) is 13.6. The molecule has 0 amide bonds. The Morgan fingerprint density at radius 2 is 2.20 bits per heavy atom. The van der Waals surface area contributed by atoms with Crippen molar-refractivity contribution in [2.75, 3.05) is 13.7 Å². The number of nitrogens with one attached hydrogen (secondary N) is 1. The summed E-state index contributed by atoms with van der Waals surface area (Å²) in [7, 11) is 3.61. The first-order chi connectivity index (χ1) is 9.65. The van der Waals surface area contributed by atoms with Crippen LogP contribution in [0.15, 0.2) is 34.9 Å². The number of hydrogen-bond acceptors (Lipinski definition) is 3. The predicted octanol–water partition coefficient (Wildman–Crippen LogP) is 3.28. The van der Waals surface area contributed by atoms with Crippen LogP contribution in [0, 0.1) is 0 Å². The van der Waals surface area contributed by atoms with Crippen molar-refractivity contribution in [3.05, 3.63) is 46.2 Å². The van der Waals surface area contributed by atoms with E-state index in [1.54, 1.807) is 7.11 Å².